The van der Waals surface area contributed by atoms with Crippen LogP contribution in [0.1, 0.15) is 18.8 Å². The summed E-state index contributed by atoms with van der Waals surface area (Å²) < 4.78 is 28.9. The highest BCUT2D eigenvalue weighted by molar-refractivity contribution is 7.89. The fraction of sp³-hybridized carbons (Fsp3) is 0.133. The first kappa shape index (κ1) is 15.3. The Morgan fingerprint density at radius 2 is 1.61 bits per heavy atom. The molecule has 0 amide bonds. The van der Waals surface area contributed by atoms with Crippen molar-refractivity contribution < 1.29 is 8.42 Å². The molecule has 0 spiro atoms. The Morgan fingerprint density at radius 1 is 1.00 bits per heavy atom. The number of benzene rings is 2. The summed E-state index contributed by atoms with van der Waals surface area (Å²) in [5, 5.41) is 11.5. The molecule has 3 aromatic rings. The molecule has 8 heteroatoms. The van der Waals surface area contributed by atoms with Crippen LogP contribution in [0.15, 0.2) is 65.6 Å². The van der Waals surface area contributed by atoms with Crippen molar-refractivity contribution in [2.24, 2.45) is 0 Å². The molecule has 1 heterocycles. The lowest BCUT2D eigenvalue weighted by Crippen LogP contribution is -2.28. The SMILES string of the molecule is CC(NS(=O)(=O)c1ccccc1)c1nnnn1-c1ccccc1. The van der Waals surface area contributed by atoms with Crippen LogP contribution in [0.3, 0.4) is 0 Å². The van der Waals surface area contributed by atoms with E-state index in [1.807, 2.05) is 30.3 Å². The van der Waals surface area contributed by atoms with Crippen molar-refractivity contribution in [1.29, 1.82) is 0 Å². The van der Waals surface area contributed by atoms with Crippen LogP contribution in [0.25, 0.3) is 5.69 Å². The first-order chi connectivity index (χ1) is 11.1. The number of sulfonamides is 1. The molecule has 2 aromatic carbocycles. The number of nitrogens with zero attached hydrogens (tertiary/aromatic N) is 4. The van der Waals surface area contributed by atoms with Gasteiger partial charge >= 0.3 is 0 Å². The van der Waals surface area contributed by atoms with E-state index in [2.05, 4.69) is 20.2 Å². The highest BCUT2D eigenvalue weighted by atomic mass is 32.2. The Morgan fingerprint density at radius 3 is 2.26 bits per heavy atom. The van der Waals surface area contributed by atoms with E-state index in [4.69, 9.17) is 0 Å². The molecule has 1 atom stereocenters. The highest BCUT2D eigenvalue weighted by Crippen LogP contribution is 2.17. The van der Waals surface area contributed by atoms with Crippen LogP contribution in [-0.2, 0) is 10.0 Å². The number of hydrogen-bond donors (Lipinski definition) is 1. The Bertz CT molecular complexity index is 879. The average molecular weight is 329 g/mol. The maximum absolute atomic E-state index is 12.4. The maximum atomic E-state index is 12.4. The summed E-state index contributed by atoms with van der Waals surface area (Å²) in [4.78, 5) is 0.200. The van der Waals surface area contributed by atoms with Gasteiger partial charge in [0, 0.05) is 0 Å². The molecule has 0 bridgehead atoms. The standard InChI is InChI=1S/C15H15N5O2S/c1-12(17-23(21,22)14-10-6-3-7-11-14)15-16-18-19-20(15)13-8-4-2-5-9-13/h2-12,17H,1H3. The van der Waals surface area contributed by atoms with Crippen molar-refractivity contribution in [3.05, 3.63) is 66.5 Å². The van der Waals surface area contributed by atoms with E-state index in [1.165, 1.54) is 16.8 Å². The van der Waals surface area contributed by atoms with E-state index in [0.29, 0.717) is 5.82 Å². The van der Waals surface area contributed by atoms with Gasteiger partial charge in [0.2, 0.25) is 10.0 Å². The van der Waals surface area contributed by atoms with E-state index in [-0.39, 0.29) is 4.90 Å². The minimum absolute atomic E-state index is 0.200. The molecule has 0 saturated heterocycles. The Kier molecular flexibility index (Phi) is 4.18. The zero-order valence-electron chi connectivity index (χ0n) is 12.4. The van der Waals surface area contributed by atoms with E-state index in [9.17, 15) is 8.42 Å². The van der Waals surface area contributed by atoms with E-state index >= 15 is 0 Å². The van der Waals surface area contributed by atoms with Gasteiger partial charge in [-0.3, -0.25) is 0 Å². The maximum Gasteiger partial charge on any atom is 0.241 e. The molecule has 0 radical (unpaired) electrons. The first-order valence-electron chi connectivity index (χ1n) is 6.99. The highest BCUT2D eigenvalue weighted by Gasteiger charge is 2.22. The second kappa shape index (κ2) is 6.27. The number of rotatable bonds is 5. The summed E-state index contributed by atoms with van der Waals surface area (Å²) in [6, 6.07) is 16.9. The molecule has 0 fully saturated rings. The lowest BCUT2D eigenvalue weighted by molar-refractivity contribution is 0.555. The van der Waals surface area contributed by atoms with Crippen LogP contribution in [0.5, 0.6) is 0 Å². The van der Waals surface area contributed by atoms with Crippen molar-refractivity contribution in [3.63, 3.8) is 0 Å². The number of tetrazole rings is 1. The third-order valence-electron chi connectivity index (χ3n) is 3.27. The molecule has 0 aliphatic carbocycles. The van der Waals surface area contributed by atoms with Gasteiger partial charge in [0.25, 0.3) is 0 Å². The van der Waals surface area contributed by atoms with Crippen molar-refractivity contribution in [3.8, 4) is 5.69 Å². The topological polar surface area (TPSA) is 89.8 Å². The normalized spacial score (nSPS) is 12.9. The molecular weight excluding hydrogens is 314 g/mol. The molecule has 0 aliphatic rings. The lowest BCUT2D eigenvalue weighted by atomic mass is 10.3. The van der Waals surface area contributed by atoms with Crippen LogP contribution >= 0.6 is 0 Å². The minimum Gasteiger partial charge on any atom is -0.207 e. The molecule has 0 aliphatic heterocycles. The zero-order valence-corrected chi connectivity index (χ0v) is 13.2. The smallest absolute Gasteiger partial charge is 0.207 e. The van der Waals surface area contributed by atoms with Gasteiger partial charge in [0.1, 0.15) is 0 Å². The average Bonchev–Trinajstić information content (AvgIpc) is 3.06. The molecule has 7 nitrogen and oxygen atoms in total. The number of para-hydroxylation sites is 1. The third kappa shape index (κ3) is 3.27. The van der Waals surface area contributed by atoms with Gasteiger partial charge < -0.3 is 0 Å². The molecule has 1 aromatic heterocycles. The first-order valence-corrected chi connectivity index (χ1v) is 8.47. The lowest BCUT2D eigenvalue weighted by Gasteiger charge is -2.14. The molecule has 3 rings (SSSR count). The van der Waals surface area contributed by atoms with Gasteiger partial charge in [-0.05, 0) is 41.6 Å². The van der Waals surface area contributed by atoms with Crippen molar-refractivity contribution in [1.82, 2.24) is 24.9 Å². The fourth-order valence-corrected chi connectivity index (χ4v) is 3.39. The second-order valence-electron chi connectivity index (χ2n) is 4.94. The van der Waals surface area contributed by atoms with E-state index in [1.54, 1.807) is 25.1 Å². The summed E-state index contributed by atoms with van der Waals surface area (Å²) in [6.07, 6.45) is 0. The predicted octanol–water partition coefficient (Wildman–Crippen LogP) is 1.70. The summed E-state index contributed by atoms with van der Waals surface area (Å²) in [7, 11) is -3.64. The predicted molar refractivity (Wildman–Crippen MR) is 84.3 cm³/mol. The van der Waals surface area contributed by atoms with Gasteiger partial charge in [-0.1, -0.05) is 36.4 Å². The monoisotopic (exact) mass is 329 g/mol. The van der Waals surface area contributed by atoms with Crippen molar-refractivity contribution in [2.45, 2.75) is 17.9 Å². The molecule has 118 valence electrons. The fourth-order valence-electron chi connectivity index (χ4n) is 2.17. The quantitative estimate of drug-likeness (QED) is 0.769. The number of hydrogen-bond acceptors (Lipinski definition) is 5. The molecule has 23 heavy (non-hydrogen) atoms. The molecule has 1 unspecified atom stereocenters. The molecular formula is C15H15N5O2S. The molecule has 1 N–H and O–H groups in total. The van der Waals surface area contributed by atoms with Crippen LogP contribution in [-0.4, -0.2) is 28.6 Å². The largest absolute Gasteiger partial charge is 0.241 e. The second-order valence-corrected chi connectivity index (χ2v) is 6.65. The summed E-state index contributed by atoms with van der Waals surface area (Å²) in [5.41, 5.74) is 0.762. The van der Waals surface area contributed by atoms with Crippen LogP contribution in [0, 0.1) is 0 Å². The van der Waals surface area contributed by atoms with E-state index in [0.717, 1.165) is 5.69 Å². The summed E-state index contributed by atoms with van der Waals surface area (Å²) >= 11 is 0. The van der Waals surface area contributed by atoms with Crippen molar-refractivity contribution in [2.75, 3.05) is 0 Å². The van der Waals surface area contributed by atoms with Gasteiger partial charge in [-0.2, -0.15) is 4.68 Å². The van der Waals surface area contributed by atoms with Crippen LogP contribution in [0.4, 0.5) is 0 Å². The Labute approximate surface area is 134 Å². The number of aromatic nitrogens is 4. The van der Waals surface area contributed by atoms with Gasteiger partial charge in [0.05, 0.1) is 16.6 Å². The Balaban J connectivity index is 1.88. The van der Waals surface area contributed by atoms with Gasteiger partial charge in [0.15, 0.2) is 5.82 Å². The van der Waals surface area contributed by atoms with Gasteiger partial charge in [-0.15, -0.1) is 5.10 Å². The third-order valence-corrected chi connectivity index (χ3v) is 4.82. The Hall–Kier alpha value is -2.58. The number of nitrogens with one attached hydrogen (secondary N) is 1. The summed E-state index contributed by atoms with van der Waals surface area (Å²) in [5.74, 6) is 0.413. The van der Waals surface area contributed by atoms with Crippen LogP contribution in [0.2, 0.25) is 0 Å². The van der Waals surface area contributed by atoms with Crippen LogP contribution < -0.4 is 4.72 Å². The van der Waals surface area contributed by atoms with Gasteiger partial charge in [-0.25, -0.2) is 13.1 Å². The van der Waals surface area contributed by atoms with Crippen molar-refractivity contribution >= 4 is 10.0 Å². The van der Waals surface area contributed by atoms with E-state index < -0.39 is 16.1 Å². The molecule has 0 saturated carbocycles. The summed E-state index contributed by atoms with van der Waals surface area (Å²) in [6.45, 7) is 1.70. The zero-order chi connectivity index (χ0) is 16.3. The minimum atomic E-state index is -3.64.